The van der Waals surface area contributed by atoms with E-state index in [4.69, 9.17) is 4.74 Å². The lowest BCUT2D eigenvalue weighted by Crippen LogP contribution is -2.47. The van der Waals surface area contributed by atoms with E-state index < -0.39 is 12.0 Å². The van der Waals surface area contributed by atoms with E-state index in [2.05, 4.69) is 5.32 Å². The smallest absolute Gasteiger partial charge is 0.254 e. The highest BCUT2D eigenvalue weighted by molar-refractivity contribution is 6.04. The number of carbonyl (C=O) groups is 2. The van der Waals surface area contributed by atoms with E-state index >= 15 is 0 Å². The highest BCUT2D eigenvalue weighted by atomic mass is 16.5. The first kappa shape index (κ1) is 20.3. The van der Waals surface area contributed by atoms with Crippen molar-refractivity contribution in [1.29, 1.82) is 0 Å². The number of nitrogens with zero attached hydrogens (tertiary/aromatic N) is 1. The molecule has 0 spiro atoms. The fourth-order valence-electron chi connectivity index (χ4n) is 4.62. The first-order chi connectivity index (χ1) is 15.6. The Kier molecular flexibility index (Phi) is 5.17. The number of nitrogens with one attached hydrogen (secondary N) is 1. The zero-order valence-corrected chi connectivity index (χ0v) is 18.2. The number of rotatable bonds is 5. The molecule has 162 valence electrons. The molecule has 1 saturated carbocycles. The van der Waals surface area contributed by atoms with Crippen LogP contribution in [0, 0.1) is 6.92 Å². The molecule has 3 aromatic rings. The van der Waals surface area contributed by atoms with Gasteiger partial charge in [0.05, 0.1) is 19.1 Å². The molecular weight excluding hydrogens is 400 g/mol. The van der Waals surface area contributed by atoms with Crippen molar-refractivity contribution >= 4 is 17.5 Å². The first-order valence-electron chi connectivity index (χ1n) is 11.0. The predicted octanol–water partition coefficient (Wildman–Crippen LogP) is 5.09. The summed E-state index contributed by atoms with van der Waals surface area (Å²) in [5.41, 5.74) is 4.17. The first-order valence-corrected chi connectivity index (χ1v) is 11.0. The Morgan fingerprint density at radius 1 is 1.00 bits per heavy atom. The van der Waals surface area contributed by atoms with Crippen molar-refractivity contribution in [2.45, 2.75) is 37.8 Å². The second kappa shape index (κ2) is 8.15. The van der Waals surface area contributed by atoms with Gasteiger partial charge in [-0.3, -0.25) is 9.59 Å². The molecule has 2 aliphatic rings. The molecule has 5 nitrogen and oxygen atoms in total. The van der Waals surface area contributed by atoms with Gasteiger partial charge in [-0.2, -0.15) is 0 Å². The molecule has 5 heteroatoms. The molecule has 0 unspecified atom stereocenters. The summed E-state index contributed by atoms with van der Waals surface area (Å²) >= 11 is 0. The molecular formula is C27H26N2O3. The van der Waals surface area contributed by atoms with Gasteiger partial charge in [0.25, 0.3) is 5.91 Å². The summed E-state index contributed by atoms with van der Waals surface area (Å²) < 4.78 is 5.45. The van der Waals surface area contributed by atoms with E-state index in [0.29, 0.717) is 11.3 Å². The second-order valence-electron chi connectivity index (χ2n) is 8.59. The van der Waals surface area contributed by atoms with E-state index in [9.17, 15) is 9.59 Å². The summed E-state index contributed by atoms with van der Waals surface area (Å²) in [7, 11) is 1.63. The average Bonchev–Trinajstić information content (AvgIpc) is 3.65. The molecule has 1 N–H and O–H groups in total. The van der Waals surface area contributed by atoms with Crippen LogP contribution in [0.25, 0.3) is 0 Å². The minimum absolute atomic E-state index is 0.00435. The number of hydrogen-bond donors (Lipinski definition) is 1. The maximum absolute atomic E-state index is 13.8. The van der Waals surface area contributed by atoms with E-state index in [1.807, 2.05) is 84.6 Å². The SMILES string of the molecule is COc1cccc([C@H]2[C@@H](C(=O)Nc3ccc(C)cc3)c3ccccc3C(=O)N2C2CC2)c1. The number of benzene rings is 3. The van der Waals surface area contributed by atoms with Crippen LogP contribution in [0.5, 0.6) is 5.75 Å². The molecule has 0 bridgehead atoms. The molecule has 1 aliphatic carbocycles. The van der Waals surface area contributed by atoms with Crippen molar-refractivity contribution < 1.29 is 14.3 Å². The van der Waals surface area contributed by atoms with E-state index in [1.165, 1.54) is 0 Å². The number of amides is 2. The molecule has 0 radical (unpaired) electrons. The van der Waals surface area contributed by atoms with Crippen molar-refractivity contribution in [3.8, 4) is 5.75 Å². The van der Waals surface area contributed by atoms with Crippen LogP contribution in [0.2, 0.25) is 0 Å². The minimum atomic E-state index is -0.530. The summed E-state index contributed by atoms with van der Waals surface area (Å²) in [6.07, 6.45) is 1.92. The summed E-state index contributed by atoms with van der Waals surface area (Å²) in [5.74, 6) is 0.0581. The topological polar surface area (TPSA) is 58.6 Å². The number of ether oxygens (including phenoxy) is 1. The number of hydrogen-bond acceptors (Lipinski definition) is 3. The fourth-order valence-corrected chi connectivity index (χ4v) is 4.62. The highest BCUT2D eigenvalue weighted by Crippen LogP contribution is 2.48. The summed E-state index contributed by atoms with van der Waals surface area (Å²) in [6.45, 7) is 2.01. The van der Waals surface area contributed by atoms with Gasteiger partial charge >= 0.3 is 0 Å². The maximum Gasteiger partial charge on any atom is 0.254 e. The molecule has 2 atom stereocenters. The molecule has 32 heavy (non-hydrogen) atoms. The van der Waals surface area contributed by atoms with Crippen LogP contribution in [-0.4, -0.2) is 29.9 Å². The Hall–Kier alpha value is -3.60. The van der Waals surface area contributed by atoms with Crippen LogP contribution >= 0.6 is 0 Å². The Bertz CT molecular complexity index is 1170. The monoisotopic (exact) mass is 426 g/mol. The Labute approximate surface area is 188 Å². The van der Waals surface area contributed by atoms with Gasteiger partial charge in [0.2, 0.25) is 5.91 Å². The van der Waals surface area contributed by atoms with Crippen LogP contribution < -0.4 is 10.1 Å². The Morgan fingerprint density at radius 3 is 2.47 bits per heavy atom. The van der Waals surface area contributed by atoms with Crippen LogP contribution in [0.15, 0.2) is 72.8 Å². The lowest BCUT2D eigenvalue weighted by atomic mass is 9.79. The van der Waals surface area contributed by atoms with Gasteiger partial charge in [-0.1, -0.05) is 48.0 Å². The van der Waals surface area contributed by atoms with Crippen LogP contribution in [0.4, 0.5) is 5.69 Å². The van der Waals surface area contributed by atoms with Crippen molar-refractivity contribution in [3.63, 3.8) is 0 Å². The van der Waals surface area contributed by atoms with E-state index in [0.717, 1.165) is 35.2 Å². The molecule has 2 amide bonds. The summed E-state index contributed by atoms with van der Waals surface area (Å²) in [5, 5.41) is 3.09. The van der Waals surface area contributed by atoms with Gasteiger partial charge in [0.15, 0.2) is 0 Å². The lowest BCUT2D eigenvalue weighted by molar-refractivity contribution is -0.119. The third-order valence-corrected chi connectivity index (χ3v) is 6.35. The van der Waals surface area contributed by atoms with Crippen molar-refractivity contribution in [1.82, 2.24) is 4.90 Å². The van der Waals surface area contributed by atoms with E-state index in [1.54, 1.807) is 7.11 Å². The van der Waals surface area contributed by atoms with Gasteiger partial charge in [0, 0.05) is 17.3 Å². The number of fused-ring (bicyclic) bond motifs is 1. The molecule has 3 aromatic carbocycles. The second-order valence-corrected chi connectivity index (χ2v) is 8.59. The van der Waals surface area contributed by atoms with Gasteiger partial charge in [-0.15, -0.1) is 0 Å². The van der Waals surface area contributed by atoms with Crippen LogP contribution in [-0.2, 0) is 4.79 Å². The van der Waals surface area contributed by atoms with Crippen LogP contribution in [0.3, 0.4) is 0 Å². The van der Waals surface area contributed by atoms with Gasteiger partial charge in [0.1, 0.15) is 5.75 Å². The number of aryl methyl sites for hydroxylation is 1. The third kappa shape index (κ3) is 3.64. The molecule has 1 heterocycles. The van der Waals surface area contributed by atoms with Crippen molar-refractivity contribution in [2.75, 3.05) is 12.4 Å². The maximum atomic E-state index is 13.8. The molecule has 5 rings (SSSR count). The van der Waals surface area contributed by atoms with Crippen LogP contribution in [0.1, 0.15) is 51.8 Å². The lowest BCUT2D eigenvalue weighted by Gasteiger charge is -2.42. The zero-order valence-electron chi connectivity index (χ0n) is 18.2. The van der Waals surface area contributed by atoms with E-state index in [-0.39, 0.29) is 17.9 Å². The number of carbonyl (C=O) groups excluding carboxylic acids is 2. The van der Waals surface area contributed by atoms with Gasteiger partial charge in [-0.05, 0) is 61.2 Å². The minimum Gasteiger partial charge on any atom is -0.497 e. The molecule has 0 aromatic heterocycles. The van der Waals surface area contributed by atoms with Crippen molar-refractivity contribution in [3.05, 3.63) is 95.1 Å². The molecule has 0 saturated heterocycles. The standard InChI is InChI=1S/C27H26N2O3/c1-17-10-12-19(13-11-17)28-26(30)24-22-8-3-4-9-23(22)27(31)29(20-14-15-20)25(24)18-6-5-7-21(16-18)32-2/h3-13,16,20,24-25H,14-15H2,1-2H3,(H,28,30)/t24-,25-/m0/s1. The quantitative estimate of drug-likeness (QED) is 0.619. The summed E-state index contributed by atoms with van der Waals surface area (Å²) in [4.78, 5) is 29.3. The molecule has 1 aliphatic heterocycles. The van der Waals surface area contributed by atoms with Gasteiger partial charge < -0.3 is 15.0 Å². The molecule has 1 fully saturated rings. The average molecular weight is 427 g/mol. The van der Waals surface area contributed by atoms with Gasteiger partial charge in [-0.25, -0.2) is 0 Å². The fraction of sp³-hybridized carbons (Fsp3) is 0.259. The Morgan fingerprint density at radius 2 is 1.75 bits per heavy atom. The normalized spacial score (nSPS) is 19.9. The summed E-state index contributed by atoms with van der Waals surface area (Å²) in [6, 6.07) is 22.7. The Balaban J connectivity index is 1.63. The number of methoxy groups -OCH3 is 1. The largest absolute Gasteiger partial charge is 0.497 e. The third-order valence-electron chi connectivity index (χ3n) is 6.35. The predicted molar refractivity (Wildman–Crippen MR) is 124 cm³/mol. The number of anilines is 1. The zero-order chi connectivity index (χ0) is 22.2. The van der Waals surface area contributed by atoms with Crippen molar-refractivity contribution in [2.24, 2.45) is 0 Å². The highest BCUT2D eigenvalue weighted by Gasteiger charge is 2.49.